The number of carbonyl (C=O) groups is 1. The lowest BCUT2D eigenvalue weighted by Gasteiger charge is -2.58. The average Bonchev–Trinajstić information content (AvgIpc) is 2.45. The van der Waals surface area contributed by atoms with E-state index in [1.54, 1.807) is 0 Å². The second-order valence-corrected chi connectivity index (χ2v) is 8.42. The van der Waals surface area contributed by atoms with Gasteiger partial charge in [0.25, 0.3) is 0 Å². The molecule has 2 unspecified atom stereocenters. The molecular formula is C17H32N4O. The number of fused-ring (bicyclic) bond motifs is 2. The van der Waals surface area contributed by atoms with Gasteiger partial charge in [0.1, 0.15) is 0 Å². The predicted molar refractivity (Wildman–Crippen MR) is 89.0 cm³/mol. The van der Waals surface area contributed by atoms with Gasteiger partial charge in [0.2, 0.25) is 0 Å². The van der Waals surface area contributed by atoms with E-state index in [1.807, 2.05) is 0 Å². The van der Waals surface area contributed by atoms with Crippen molar-refractivity contribution in [1.29, 1.82) is 0 Å². The van der Waals surface area contributed by atoms with Gasteiger partial charge in [-0.25, -0.2) is 4.79 Å². The number of piperidine rings is 1. The highest BCUT2D eigenvalue weighted by atomic mass is 16.2. The summed E-state index contributed by atoms with van der Waals surface area (Å²) in [7, 11) is 0. The zero-order valence-corrected chi connectivity index (χ0v) is 14.9. The number of nitrogens with zero attached hydrogens (tertiary/aromatic N) is 4. The van der Waals surface area contributed by atoms with Crippen molar-refractivity contribution in [3.8, 4) is 0 Å². The number of hydrogen-bond acceptors (Lipinski definition) is 3. The Labute approximate surface area is 135 Å². The van der Waals surface area contributed by atoms with Crippen molar-refractivity contribution in [2.75, 3.05) is 39.3 Å². The third-order valence-electron chi connectivity index (χ3n) is 5.62. The summed E-state index contributed by atoms with van der Waals surface area (Å²) >= 11 is 0. The predicted octanol–water partition coefficient (Wildman–Crippen LogP) is 1.69. The van der Waals surface area contributed by atoms with Crippen molar-refractivity contribution >= 4 is 6.03 Å². The molecule has 4 saturated heterocycles. The molecule has 4 fully saturated rings. The molecule has 0 radical (unpaired) electrons. The van der Waals surface area contributed by atoms with Crippen LogP contribution in [0.1, 0.15) is 41.0 Å². The van der Waals surface area contributed by atoms with E-state index in [4.69, 9.17) is 0 Å². The molecule has 5 nitrogen and oxygen atoms in total. The van der Waals surface area contributed by atoms with Crippen molar-refractivity contribution in [1.82, 2.24) is 19.6 Å². The number of amides is 2. The third-order valence-corrected chi connectivity index (χ3v) is 5.62. The van der Waals surface area contributed by atoms with Gasteiger partial charge in [0.05, 0.1) is 0 Å². The Kier molecular flexibility index (Phi) is 4.14. The lowest BCUT2D eigenvalue weighted by Crippen LogP contribution is -2.72. The van der Waals surface area contributed by atoms with E-state index < -0.39 is 0 Å². The van der Waals surface area contributed by atoms with Gasteiger partial charge in [-0.3, -0.25) is 9.80 Å². The Morgan fingerprint density at radius 1 is 0.955 bits per heavy atom. The van der Waals surface area contributed by atoms with Gasteiger partial charge in [0.15, 0.2) is 0 Å². The van der Waals surface area contributed by atoms with E-state index in [0.717, 1.165) is 39.3 Å². The Balaban J connectivity index is 1.52. The molecule has 4 aliphatic rings. The molecule has 0 saturated carbocycles. The molecule has 2 amide bonds. The number of rotatable bonds is 1. The van der Waals surface area contributed by atoms with Crippen LogP contribution < -0.4 is 0 Å². The van der Waals surface area contributed by atoms with E-state index >= 15 is 0 Å². The van der Waals surface area contributed by atoms with Gasteiger partial charge in [-0.2, -0.15) is 0 Å². The third kappa shape index (κ3) is 2.85. The fraction of sp³-hybridized carbons (Fsp3) is 0.941. The lowest BCUT2D eigenvalue weighted by molar-refractivity contribution is -0.0789. The first-order chi connectivity index (χ1) is 10.3. The van der Waals surface area contributed by atoms with Crippen LogP contribution in [0.4, 0.5) is 4.79 Å². The van der Waals surface area contributed by atoms with Crippen LogP contribution in [-0.4, -0.2) is 88.6 Å². The largest absolute Gasteiger partial charge is 0.322 e. The van der Waals surface area contributed by atoms with Crippen LogP contribution in [0.25, 0.3) is 0 Å². The van der Waals surface area contributed by atoms with Crippen molar-refractivity contribution in [2.45, 2.75) is 64.7 Å². The van der Waals surface area contributed by atoms with Crippen LogP contribution in [0.3, 0.4) is 0 Å². The monoisotopic (exact) mass is 308 g/mol. The van der Waals surface area contributed by atoms with Crippen molar-refractivity contribution < 1.29 is 4.79 Å². The summed E-state index contributed by atoms with van der Waals surface area (Å²) in [6.45, 7) is 16.9. The van der Waals surface area contributed by atoms with E-state index in [0.29, 0.717) is 18.1 Å². The lowest BCUT2D eigenvalue weighted by atomic mass is 9.86. The molecule has 0 N–H and O–H groups in total. The molecule has 126 valence electrons. The summed E-state index contributed by atoms with van der Waals surface area (Å²) in [5, 5.41) is 0. The minimum atomic E-state index is 0.208. The van der Waals surface area contributed by atoms with E-state index in [1.165, 1.54) is 6.42 Å². The number of piperazine rings is 2. The summed E-state index contributed by atoms with van der Waals surface area (Å²) in [4.78, 5) is 22.0. The summed E-state index contributed by atoms with van der Waals surface area (Å²) in [6, 6.07) is 2.07. The number of hydrogen-bond donors (Lipinski definition) is 0. The number of carbonyl (C=O) groups excluding carboxylic acids is 1. The highest BCUT2D eigenvalue weighted by Gasteiger charge is 2.47. The molecule has 0 aromatic rings. The van der Waals surface area contributed by atoms with Crippen molar-refractivity contribution in [3.05, 3.63) is 0 Å². The molecule has 4 rings (SSSR count). The van der Waals surface area contributed by atoms with Crippen LogP contribution >= 0.6 is 0 Å². The molecule has 4 aliphatic heterocycles. The highest BCUT2D eigenvalue weighted by Crippen LogP contribution is 2.34. The summed E-state index contributed by atoms with van der Waals surface area (Å²) in [6.07, 6.45) is 1.28. The standard InChI is InChI=1S/C17H32N4O/c1-13(2)21-14-10-15(21)12-19(11-14)16(22)18-6-8-20(9-7-18)17(3,4)5/h13-15H,6-12H2,1-5H3. The minimum Gasteiger partial charge on any atom is -0.322 e. The average molecular weight is 308 g/mol. The zero-order chi connectivity index (χ0) is 16.1. The van der Waals surface area contributed by atoms with Crippen molar-refractivity contribution in [2.24, 2.45) is 0 Å². The summed E-state index contributed by atoms with van der Waals surface area (Å²) in [5.74, 6) is 0. The molecule has 0 aromatic heterocycles. The second kappa shape index (κ2) is 5.68. The maximum atomic E-state index is 12.8. The Morgan fingerprint density at radius 3 is 1.95 bits per heavy atom. The fourth-order valence-electron chi connectivity index (χ4n) is 4.41. The van der Waals surface area contributed by atoms with E-state index in [2.05, 4.69) is 54.2 Å². The molecule has 5 heteroatoms. The second-order valence-electron chi connectivity index (χ2n) is 8.42. The van der Waals surface area contributed by atoms with E-state index in [-0.39, 0.29) is 11.6 Å². The van der Waals surface area contributed by atoms with Gasteiger partial charge in [0, 0.05) is 62.9 Å². The summed E-state index contributed by atoms with van der Waals surface area (Å²) in [5.41, 5.74) is 0.208. The molecule has 0 spiro atoms. The molecule has 2 bridgehead atoms. The van der Waals surface area contributed by atoms with Crippen molar-refractivity contribution in [3.63, 3.8) is 0 Å². The maximum Gasteiger partial charge on any atom is 0.320 e. The first-order valence-corrected chi connectivity index (χ1v) is 8.83. The molecule has 0 aromatic carbocycles. The Bertz CT molecular complexity index is 411. The Hall–Kier alpha value is -0.810. The molecule has 22 heavy (non-hydrogen) atoms. The van der Waals surface area contributed by atoms with Gasteiger partial charge in [-0.05, 0) is 41.0 Å². The topological polar surface area (TPSA) is 30.0 Å². The fourth-order valence-corrected chi connectivity index (χ4v) is 4.41. The minimum absolute atomic E-state index is 0.208. The quantitative estimate of drug-likeness (QED) is 0.738. The SMILES string of the molecule is CC(C)N1C2CC1CN(C(=O)N1CCN(C(C)(C)C)CC1)C2. The molecule has 0 aliphatic carbocycles. The van der Waals surface area contributed by atoms with Crippen LogP contribution in [0, 0.1) is 0 Å². The van der Waals surface area contributed by atoms with E-state index in [9.17, 15) is 4.79 Å². The van der Waals surface area contributed by atoms with Gasteiger partial charge in [-0.1, -0.05) is 0 Å². The molecule has 4 heterocycles. The molecule has 2 atom stereocenters. The summed E-state index contributed by atoms with van der Waals surface area (Å²) < 4.78 is 0. The zero-order valence-electron chi connectivity index (χ0n) is 14.9. The first-order valence-electron chi connectivity index (χ1n) is 8.83. The van der Waals surface area contributed by atoms with Gasteiger partial charge >= 0.3 is 6.03 Å². The Morgan fingerprint density at radius 2 is 1.50 bits per heavy atom. The number of urea groups is 1. The van der Waals surface area contributed by atoms with Crippen LogP contribution in [0.2, 0.25) is 0 Å². The maximum absolute atomic E-state index is 12.8. The van der Waals surface area contributed by atoms with Crippen LogP contribution in [0.15, 0.2) is 0 Å². The van der Waals surface area contributed by atoms with Crippen LogP contribution in [0.5, 0.6) is 0 Å². The normalized spacial score (nSPS) is 30.6. The van der Waals surface area contributed by atoms with Gasteiger partial charge in [-0.15, -0.1) is 0 Å². The highest BCUT2D eigenvalue weighted by molar-refractivity contribution is 5.75. The first kappa shape index (κ1) is 16.1. The van der Waals surface area contributed by atoms with Gasteiger partial charge < -0.3 is 9.80 Å². The molecular weight excluding hydrogens is 276 g/mol. The van der Waals surface area contributed by atoms with Crippen LogP contribution in [-0.2, 0) is 0 Å². The smallest absolute Gasteiger partial charge is 0.320 e.